The highest BCUT2D eigenvalue weighted by atomic mass is 16.1. The minimum atomic E-state index is 0.00843. The molecule has 4 nitrogen and oxygen atoms in total. The first-order valence-corrected chi connectivity index (χ1v) is 6.15. The number of amides is 1. The van der Waals surface area contributed by atoms with Crippen LogP contribution < -0.4 is 10.6 Å². The maximum atomic E-state index is 11.8. The number of nitrogens with one attached hydrogen (secondary N) is 2. The summed E-state index contributed by atoms with van der Waals surface area (Å²) in [6.07, 6.45) is 2.20. The highest BCUT2D eigenvalue weighted by Crippen LogP contribution is 2.20. The molecular weight excluding hydrogens is 226 g/mol. The van der Waals surface area contributed by atoms with E-state index in [-0.39, 0.29) is 5.91 Å². The molecule has 0 fully saturated rings. The van der Waals surface area contributed by atoms with Gasteiger partial charge in [-0.1, -0.05) is 25.1 Å². The number of carbonyl (C=O) groups excluding carboxylic acids is 1. The van der Waals surface area contributed by atoms with Gasteiger partial charge in [0.05, 0.1) is 11.2 Å². The summed E-state index contributed by atoms with van der Waals surface area (Å²) in [6.45, 7) is 3.59. The number of pyridine rings is 1. The van der Waals surface area contributed by atoms with Crippen LogP contribution in [0.15, 0.2) is 36.5 Å². The molecule has 94 valence electrons. The largest absolute Gasteiger partial charge is 0.324 e. The van der Waals surface area contributed by atoms with Crippen molar-refractivity contribution in [3.8, 4) is 0 Å². The molecule has 0 aliphatic rings. The molecule has 0 radical (unpaired) electrons. The van der Waals surface area contributed by atoms with E-state index in [0.29, 0.717) is 13.0 Å². The van der Waals surface area contributed by atoms with E-state index in [0.717, 1.165) is 23.1 Å². The first-order chi connectivity index (χ1) is 8.81. The Balaban J connectivity index is 2.09. The Kier molecular flexibility index (Phi) is 4.25. The molecule has 1 heterocycles. The smallest absolute Gasteiger partial charge is 0.225 e. The summed E-state index contributed by atoms with van der Waals surface area (Å²) < 4.78 is 0. The summed E-state index contributed by atoms with van der Waals surface area (Å²) in [5.74, 6) is 0.00843. The molecule has 1 aromatic heterocycles. The molecule has 2 rings (SSSR count). The Hall–Kier alpha value is -1.94. The van der Waals surface area contributed by atoms with Gasteiger partial charge in [0.25, 0.3) is 0 Å². The van der Waals surface area contributed by atoms with Crippen molar-refractivity contribution in [3.05, 3.63) is 36.5 Å². The second kappa shape index (κ2) is 6.12. The Bertz CT molecular complexity index is 534. The van der Waals surface area contributed by atoms with E-state index in [4.69, 9.17) is 0 Å². The van der Waals surface area contributed by atoms with Gasteiger partial charge in [-0.15, -0.1) is 0 Å². The van der Waals surface area contributed by atoms with E-state index in [2.05, 4.69) is 15.6 Å². The van der Waals surface area contributed by atoms with Crippen LogP contribution >= 0.6 is 0 Å². The van der Waals surface area contributed by atoms with Crippen LogP contribution in [0.3, 0.4) is 0 Å². The van der Waals surface area contributed by atoms with Crippen molar-refractivity contribution in [1.82, 2.24) is 10.3 Å². The van der Waals surface area contributed by atoms with Crippen molar-refractivity contribution in [2.75, 3.05) is 18.4 Å². The standard InChI is InChI=1S/C14H17N3O/c1-2-15-10-8-13(18)17-12-7-3-5-11-6-4-9-16-14(11)12/h3-7,9,15H,2,8,10H2,1H3,(H,17,18). The molecule has 4 heteroatoms. The summed E-state index contributed by atoms with van der Waals surface area (Å²) in [7, 11) is 0. The lowest BCUT2D eigenvalue weighted by Crippen LogP contribution is -2.21. The van der Waals surface area contributed by atoms with Gasteiger partial charge in [0.15, 0.2) is 0 Å². The summed E-state index contributed by atoms with van der Waals surface area (Å²) >= 11 is 0. The lowest BCUT2D eigenvalue weighted by Gasteiger charge is -2.08. The highest BCUT2D eigenvalue weighted by Gasteiger charge is 2.05. The molecular formula is C14H17N3O. The number of fused-ring (bicyclic) bond motifs is 1. The van der Waals surface area contributed by atoms with Gasteiger partial charge in [-0.2, -0.15) is 0 Å². The first-order valence-electron chi connectivity index (χ1n) is 6.15. The van der Waals surface area contributed by atoms with Crippen LogP contribution in [0, 0.1) is 0 Å². The van der Waals surface area contributed by atoms with Crippen LogP contribution in [0.1, 0.15) is 13.3 Å². The lowest BCUT2D eigenvalue weighted by atomic mass is 10.2. The molecule has 0 bridgehead atoms. The molecule has 2 aromatic rings. The average Bonchev–Trinajstić information content (AvgIpc) is 2.39. The highest BCUT2D eigenvalue weighted by molar-refractivity contribution is 6.00. The zero-order valence-electron chi connectivity index (χ0n) is 10.4. The summed E-state index contributed by atoms with van der Waals surface area (Å²) in [5, 5.41) is 7.06. The lowest BCUT2D eigenvalue weighted by molar-refractivity contribution is -0.116. The number of para-hydroxylation sites is 1. The van der Waals surface area contributed by atoms with Crippen molar-refractivity contribution in [2.45, 2.75) is 13.3 Å². The van der Waals surface area contributed by atoms with E-state index in [9.17, 15) is 4.79 Å². The predicted molar refractivity (Wildman–Crippen MR) is 73.5 cm³/mol. The van der Waals surface area contributed by atoms with Gasteiger partial charge in [0.1, 0.15) is 0 Å². The summed E-state index contributed by atoms with van der Waals surface area (Å²) in [4.78, 5) is 16.1. The zero-order chi connectivity index (χ0) is 12.8. The number of rotatable bonds is 5. The Morgan fingerprint density at radius 3 is 2.94 bits per heavy atom. The Labute approximate surface area is 106 Å². The van der Waals surface area contributed by atoms with Gasteiger partial charge in [0, 0.05) is 24.5 Å². The second-order valence-electron chi connectivity index (χ2n) is 4.03. The molecule has 0 atom stereocenters. The third kappa shape index (κ3) is 3.05. The van der Waals surface area contributed by atoms with Gasteiger partial charge < -0.3 is 10.6 Å². The fourth-order valence-electron chi connectivity index (χ4n) is 1.80. The van der Waals surface area contributed by atoms with Crippen molar-refractivity contribution in [1.29, 1.82) is 0 Å². The SMILES string of the molecule is CCNCCC(=O)Nc1cccc2cccnc12. The number of benzene rings is 1. The van der Waals surface area contributed by atoms with E-state index in [1.807, 2.05) is 37.3 Å². The van der Waals surface area contributed by atoms with Crippen LogP contribution in [0.25, 0.3) is 10.9 Å². The fourth-order valence-corrected chi connectivity index (χ4v) is 1.80. The molecule has 0 spiro atoms. The van der Waals surface area contributed by atoms with Gasteiger partial charge in [-0.3, -0.25) is 9.78 Å². The number of hydrogen-bond acceptors (Lipinski definition) is 3. The molecule has 0 aliphatic carbocycles. The molecule has 0 saturated heterocycles. The van der Waals surface area contributed by atoms with Gasteiger partial charge >= 0.3 is 0 Å². The van der Waals surface area contributed by atoms with Crippen LogP contribution in [0.5, 0.6) is 0 Å². The minimum absolute atomic E-state index is 0.00843. The predicted octanol–water partition coefficient (Wildman–Crippen LogP) is 2.17. The average molecular weight is 243 g/mol. The van der Waals surface area contributed by atoms with Crippen molar-refractivity contribution in [3.63, 3.8) is 0 Å². The summed E-state index contributed by atoms with van der Waals surface area (Å²) in [5.41, 5.74) is 1.60. The van der Waals surface area contributed by atoms with Crippen molar-refractivity contribution in [2.24, 2.45) is 0 Å². The maximum Gasteiger partial charge on any atom is 0.225 e. The third-order valence-electron chi connectivity index (χ3n) is 2.69. The molecule has 18 heavy (non-hydrogen) atoms. The zero-order valence-corrected chi connectivity index (χ0v) is 10.4. The Morgan fingerprint density at radius 1 is 1.28 bits per heavy atom. The van der Waals surface area contributed by atoms with Crippen LogP contribution in [0.4, 0.5) is 5.69 Å². The molecule has 2 N–H and O–H groups in total. The number of nitrogens with zero attached hydrogens (tertiary/aromatic N) is 1. The van der Waals surface area contributed by atoms with E-state index >= 15 is 0 Å². The molecule has 1 aromatic carbocycles. The summed E-state index contributed by atoms with van der Waals surface area (Å²) in [6, 6.07) is 9.65. The van der Waals surface area contributed by atoms with Crippen molar-refractivity contribution < 1.29 is 4.79 Å². The van der Waals surface area contributed by atoms with Gasteiger partial charge in [-0.25, -0.2) is 0 Å². The number of aromatic nitrogens is 1. The molecule has 0 saturated carbocycles. The molecule has 0 aliphatic heterocycles. The monoisotopic (exact) mass is 243 g/mol. The quantitative estimate of drug-likeness (QED) is 0.791. The molecule has 0 unspecified atom stereocenters. The normalized spacial score (nSPS) is 10.5. The fraction of sp³-hybridized carbons (Fsp3) is 0.286. The van der Waals surface area contributed by atoms with E-state index < -0.39 is 0 Å². The van der Waals surface area contributed by atoms with Crippen LogP contribution in [-0.4, -0.2) is 24.0 Å². The number of hydrogen-bond donors (Lipinski definition) is 2. The van der Waals surface area contributed by atoms with E-state index in [1.165, 1.54) is 0 Å². The maximum absolute atomic E-state index is 11.8. The van der Waals surface area contributed by atoms with Gasteiger partial charge in [0.2, 0.25) is 5.91 Å². The number of anilines is 1. The Morgan fingerprint density at radius 2 is 2.11 bits per heavy atom. The second-order valence-corrected chi connectivity index (χ2v) is 4.03. The topological polar surface area (TPSA) is 54.0 Å². The minimum Gasteiger partial charge on any atom is -0.324 e. The van der Waals surface area contributed by atoms with E-state index in [1.54, 1.807) is 6.20 Å². The van der Waals surface area contributed by atoms with Crippen LogP contribution in [-0.2, 0) is 4.79 Å². The third-order valence-corrected chi connectivity index (χ3v) is 2.69. The number of carbonyl (C=O) groups is 1. The van der Waals surface area contributed by atoms with Crippen LogP contribution in [0.2, 0.25) is 0 Å². The molecule has 1 amide bonds. The first kappa shape index (κ1) is 12.5. The van der Waals surface area contributed by atoms with Crippen molar-refractivity contribution >= 4 is 22.5 Å². The van der Waals surface area contributed by atoms with Gasteiger partial charge in [-0.05, 0) is 18.7 Å².